The number of hydrogen-bond donors (Lipinski definition) is 0. The van der Waals surface area contributed by atoms with Crippen molar-refractivity contribution < 1.29 is 0 Å². The lowest BCUT2D eigenvalue weighted by molar-refractivity contribution is 0.486. The van der Waals surface area contributed by atoms with Gasteiger partial charge in [0.05, 0.1) is 5.69 Å². The van der Waals surface area contributed by atoms with Crippen LogP contribution in [0.2, 0.25) is 0 Å². The van der Waals surface area contributed by atoms with E-state index in [1.807, 2.05) is 0 Å². The van der Waals surface area contributed by atoms with Gasteiger partial charge in [0.2, 0.25) is 0 Å². The zero-order chi connectivity index (χ0) is 21.1. The summed E-state index contributed by atoms with van der Waals surface area (Å²) in [6.07, 6.45) is 18.7. The van der Waals surface area contributed by atoms with Gasteiger partial charge in [0.25, 0.3) is 0 Å². The van der Waals surface area contributed by atoms with Gasteiger partial charge in [-0.25, -0.2) is 4.98 Å². The fraction of sp³-hybridized carbons (Fsp3) is 0.667. The third-order valence-corrected chi connectivity index (χ3v) is 10.8. The fourth-order valence-corrected chi connectivity index (χ4v) is 9.50. The van der Waals surface area contributed by atoms with Crippen LogP contribution in [-0.4, -0.2) is 20.9 Å². The van der Waals surface area contributed by atoms with Crippen molar-refractivity contribution >= 4 is 13.5 Å². The number of para-hydroxylation sites is 1. The Kier molecular flexibility index (Phi) is 7.35. The summed E-state index contributed by atoms with van der Waals surface area (Å²) >= 11 is 0. The number of benzene rings is 1. The Hall–Kier alpha value is -1.14. The zero-order valence-corrected chi connectivity index (χ0v) is 20.5. The van der Waals surface area contributed by atoms with Crippen LogP contribution in [-0.2, 0) is 0 Å². The summed E-state index contributed by atoms with van der Waals surface area (Å²) < 4.78 is 2.56. The van der Waals surface area contributed by atoms with Crippen molar-refractivity contribution in [3.63, 3.8) is 0 Å². The predicted octanol–water partition coefficient (Wildman–Crippen LogP) is 7.89. The standard InChI is InChI=1S/C27H41N2P/c1-20(2)24-16-11-17-25(21(3)4)26(24)29-19-18-28-27(29)30(22-12-7-5-8-13-22)23-14-9-6-10-15-23/h11,16-23H,5-10,12-15H2,1-4H3. The Morgan fingerprint density at radius 1 is 0.800 bits per heavy atom. The highest BCUT2D eigenvalue weighted by Crippen LogP contribution is 2.55. The minimum atomic E-state index is -0.211. The molecule has 0 atom stereocenters. The van der Waals surface area contributed by atoms with Crippen molar-refractivity contribution in [2.24, 2.45) is 0 Å². The fourth-order valence-electron chi connectivity index (χ4n) is 5.79. The van der Waals surface area contributed by atoms with E-state index >= 15 is 0 Å². The van der Waals surface area contributed by atoms with Crippen LogP contribution in [0.1, 0.15) is 115 Å². The quantitative estimate of drug-likeness (QED) is 0.431. The van der Waals surface area contributed by atoms with Crippen molar-refractivity contribution in [1.82, 2.24) is 9.55 Å². The number of rotatable bonds is 6. The second-order valence-electron chi connectivity index (χ2n) is 10.2. The molecule has 2 fully saturated rings. The first-order valence-corrected chi connectivity index (χ1v) is 14.0. The highest BCUT2D eigenvalue weighted by atomic mass is 31.1. The molecular weight excluding hydrogens is 383 g/mol. The van der Waals surface area contributed by atoms with Gasteiger partial charge in [-0.2, -0.15) is 0 Å². The highest BCUT2D eigenvalue weighted by Gasteiger charge is 2.35. The maximum Gasteiger partial charge on any atom is 0.136 e. The number of nitrogens with zero attached hydrogens (tertiary/aromatic N) is 2. The van der Waals surface area contributed by atoms with Crippen molar-refractivity contribution in [1.29, 1.82) is 0 Å². The lowest BCUT2D eigenvalue weighted by atomic mass is 9.92. The van der Waals surface area contributed by atoms with Gasteiger partial charge in [0, 0.05) is 12.4 Å². The first-order chi connectivity index (χ1) is 14.6. The summed E-state index contributed by atoms with van der Waals surface area (Å²) in [4.78, 5) is 5.14. The first kappa shape index (κ1) is 22.1. The molecule has 1 aromatic carbocycles. The van der Waals surface area contributed by atoms with Crippen LogP contribution < -0.4 is 5.57 Å². The van der Waals surface area contributed by atoms with E-state index in [1.165, 1.54) is 86.6 Å². The molecule has 1 aromatic heterocycles. The Balaban J connectivity index is 1.82. The zero-order valence-electron chi connectivity index (χ0n) is 19.6. The second-order valence-corrected chi connectivity index (χ2v) is 12.9. The van der Waals surface area contributed by atoms with Crippen molar-refractivity contribution in [3.8, 4) is 5.69 Å². The van der Waals surface area contributed by atoms with E-state index in [9.17, 15) is 0 Å². The Morgan fingerprint density at radius 2 is 1.30 bits per heavy atom. The summed E-state index contributed by atoms with van der Waals surface area (Å²) in [7, 11) is -0.211. The maximum absolute atomic E-state index is 5.14. The normalized spacial score (nSPS) is 19.3. The summed E-state index contributed by atoms with van der Waals surface area (Å²) in [5.74, 6) is 1.04. The molecule has 0 radical (unpaired) electrons. The molecule has 30 heavy (non-hydrogen) atoms. The molecule has 0 N–H and O–H groups in total. The third-order valence-electron chi connectivity index (χ3n) is 7.37. The maximum atomic E-state index is 5.14. The molecule has 2 aromatic rings. The lowest BCUT2D eigenvalue weighted by Crippen LogP contribution is -2.31. The van der Waals surface area contributed by atoms with Gasteiger partial charge in [0.15, 0.2) is 0 Å². The molecule has 0 amide bonds. The number of imidazole rings is 1. The van der Waals surface area contributed by atoms with E-state index in [0.29, 0.717) is 11.8 Å². The average Bonchev–Trinajstić information content (AvgIpc) is 3.23. The van der Waals surface area contributed by atoms with E-state index < -0.39 is 0 Å². The molecule has 0 unspecified atom stereocenters. The van der Waals surface area contributed by atoms with Gasteiger partial charge < -0.3 is 0 Å². The van der Waals surface area contributed by atoms with Crippen molar-refractivity contribution in [3.05, 3.63) is 41.7 Å². The molecule has 4 rings (SSSR count). The molecule has 0 bridgehead atoms. The Bertz CT molecular complexity index is 766. The predicted molar refractivity (Wildman–Crippen MR) is 132 cm³/mol. The van der Waals surface area contributed by atoms with E-state index in [1.54, 1.807) is 0 Å². The molecule has 1 heterocycles. The van der Waals surface area contributed by atoms with Crippen LogP contribution >= 0.6 is 7.92 Å². The van der Waals surface area contributed by atoms with Gasteiger partial charge in [-0.1, -0.05) is 84.4 Å². The minimum absolute atomic E-state index is 0.211. The SMILES string of the molecule is CC(C)c1cccc(C(C)C)c1-n1ccnc1P(C1CCCCC1)C1CCCCC1. The monoisotopic (exact) mass is 424 g/mol. The van der Waals surface area contributed by atoms with Gasteiger partial charge in [0.1, 0.15) is 5.57 Å². The lowest BCUT2D eigenvalue weighted by Gasteiger charge is -2.38. The molecule has 164 valence electrons. The molecule has 2 aliphatic carbocycles. The van der Waals surface area contributed by atoms with Crippen LogP contribution in [0.5, 0.6) is 0 Å². The van der Waals surface area contributed by atoms with Crippen LogP contribution in [0.4, 0.5) is 0 Å². The molecular formula is C27H41N2P. The summed E-state index contributed by atoms with van der Waals surface area (Å²) in [5.41, 5.74) is 7.58. The Morgan fingerprint density at radius 3 is 1.77 bits per heavy atom. The topological polar surface area (TPSA) is 17.8 Å². The summed E-state index contributed by atoms with van der Waals surface area (Å²) in [6.45, 7) is 9.35. The molecule has 2 aliphatic rings. The summed E-state index contributed by atoms with van der Waals surface area (Å²) in [5, 5.41) is 0. The van der Waals surface area contributed by atoms with Crippen LogP contribution in [0.15, 0.2) is 30.6 Å². The molecule has 0 spiro atoms. The highest BCUT2D eigenvalue weighted by molar-refractivity contribution is 7.66. The molecule has 3 heteroatoms. The largest absolute Gasteiger partial charge is 0.300 e. The summed E-state index contributed by atoms with van der Waals surface area (Å²) in [6, 6.07) is 6.95. The van der Waals surface area contributed by atoms with Gasteiger partial charge in [-0.15, -0.1) is 0 Å². The minimum Gasteiger partial charge on any atom is -0.300 e. The van der Waals surface area contributed by atoms with Crippen LogP contribution in [0.25, 0.3) is 5.69 Å². The van der Waals surface area contributed by atoms with Gasteiger partial charge in [-0.3, -0.25) is 4.57 Å². The Labute approximate surface area is 185 Å². The molecule has 2 nitrogen and oxygen atoms in total. The van der Waals surface area contributed by atoms with E-state index in [4.69, 9.17) is 4.98 Å². The van der Waals surface area contributed by atoms with Crippen LogP contribution in [0, 0.1) is 0 Å². The number of aromatic nitrogens is 2. The second kappa shape index (κ2) is 9.99. The molecule has 2 saturated carbocycles. The third kappa shape index (κ3) is 4.55. The van der Waals surface area contributed by atoms with E-state index in [0.717, 1.165) is 11.3 Å². The van der Waals surface area contributed by atoms with Gasteiger partial charge >= 0.3 is 0 Å². The number of hydrogen-bond acceptors (Lipinski definition) is 1. The van der Waals surface area contributed by atoms with Gasteiger partial charge in [-0.05, 0) is 67.9 Å². The molecule has 0 saturated heterocycles. The van der Waals surface area contributed by atoms with E-state index in [2.05, 4.69) is 62.9 Å². The van der Waals surface area contributed by atoms with Crippen LogP contribution in [0.3, 0.4) is 0 Å². The van der Waals surface area contributed by atoms with Crippen molar-refractivity contribution in [2.45, 2.75) is 115 Å². The average molecular weight is 425 g/mol. The van der Waals surface area contributed by atoms with E-state index in [-0.39, 0.29) is 7.92 Å². The van der Waals surface area contributed by atoms with Crippen molar-refractivity contribution in [2.75, 3.05) is 0 Å². The smallest absolute Gasteiger partial charge is 0.136 e. The molecule has 0 aliphatic heterocycles. The first-order valence-electron chi connectivity index (χ1n) is 12.5.